The third kappa shape index (κ3) is 2.58. The van der Waals surface area contributed by atoms with E-state index in [4.69, 9.17) is 5.21 Å². The highest BCUT2D eigenvalue weighted by Gasteiger charge is 1.92. The van der Waals surface area contributed by atoms with Crippen molar-refractivity contribution >= 4 is 6.21 Å². The van der Waals surface area contributed by atoms with Crippen molar-refractivity contribution in [3.8, 4) is 0 Å². The van der Waals surface area contributed by atoms with Gasteiger partial charge in [-0.25, -0.2) is 0 Å². The molecule has 1 rings (SSSR count). The summed E-state index contributed by atoms with van der Waals surface area (Å²) in [5.41, 5.74) is 1.96. The number of oxime groups is 1. The predicted octanol–water partition coefficient (Wildman–Crippen LogP) is 2.25. The number of hydrogen-bond acceptors (Lipinski definition) is 2. The molecule has 0 saturated heterocycles. The molecular weight excluding hydrogens is 150 g/mol. The molecule has 12 heavy (non-hydrogen) atoms. The fourth-order valence-electron chi connectivity index (χ4n) is 0.985. The van der Waals surface area contributed by atoms with Crippen LogP contribution < -0.4 is 0 Å². The fourth-order valence-corrected chi connectivity index (χ4v) is 0.985. The number of nitrogens with zero attached hydrogens (tertiary/aromatic N) is 1. The van der Waals surface area contributed by atoms with Crippen LogP contribution in [-0.2, 0) is 6.42 Å². The van der Waals surface area contributed by atoms with Crippen LogP contribution in [0, 0.1) is 0 Å². The minimum Gasteiger partial charge on any atom is -0.411 e. The van der Waals surface area contributed by atoms with Gasteiger partial charge in [0.15, 0.2) is 0 Å². The average molecular weight is 161 g/mol. The summed E-state index contributed by atoms with van der Waals surface area (Å²) >= 11 is 0. The van der Waals surface area contributed by atoms with Crippen LogP contribution in [0.2, 0.25) is 0 Å². The molecule has 2 heteroatoms. The summed E-state index contributed by atoms with van der Waals surface area (Å²) in [6, 6.07) is 9.93. The van der Waals surface area contributed by atoms with E-state index in [0.29, 0.717) is 0 Å². The highest BCUT2D eigenvalue weighted by atomic mass is 16.4. The molecule has 0 aliphatic rings. The number of allylic oxidation sites excluding steroid dienone is 1. The molecule has 0 radical (unpaired) electrons. The maximum Gasteiger partial charge on any atom is 0.0690 e. The molecule has 1 aromatic carbocycles. The lowest BCUT2D eigenvalue weighted by molar-refractivity contribution is 0.321. The Morgan fingerprint density at radius 1 is 1.42 bits per heavy atom. The third-order valence-corrected chi connectivity index (χ3v) is 1.51. The van der Waals surface area contributed by atoms with Crippen molar-refractivity contribution in [3.63, 3.8) is 0 Å². The average Bonchev–Trinajstić information content (AvgIpc) is 2.06. The molecule has 0 aliphatic heterocycles. The fraction of sp³-hybridized carbons (Fsp3) is 0.100. The smallest absolute Gasteiger partial charge is 0.0690 e. The zero-order valence-corrected chi connectivity index (χ0v) is 6.77. The lowest BCUT2D eigenvalue weighted by Gasteiger charge is -1.97. The second-order valence-corrected chi connectivity index (χ2v) is 2.57. The highest BCUT2D eigenvalue weighted by molar-refractivity contribution is 5.77. The summed E-state index contributed by atoms with van der Waals surface area (Å²) < 4.78 is 0. The van der Waals surface area contributed by atoms with Gasteiger partial charge in [0, 0.05) is 0 Å². The lowest BCUT2D eigenvalue weighted by Crippen LogP contribution is -1.89. The van der Waals surface area contributed by atoms with Gasteiger partial charge in [-0.1, -0.05) is 42.1 Å². The molecule has 0 saturated carbocycles. The molecule has 0 fully saturated rings. The summed E-state index contributed by atoms with van der Waals surface area (Å²) in [6.07, 6.45) is 2.08. The summed E-state index contributed by atoms with van der Waals surface area (Å²) in [6.45, 7) is 3.73. The van der Waals surface area contributed by atoms with E-state index in [1.807, 2.05) is 30.3 Å². The quantitative estimate of drug-likeness (QED) is 0.411. The Labute approximate surface area is 71.8 Å². The van der Waals surface area contributed by atoms with Crippen molar-refractivity contribution in [3.05, 3.63) is 48.0 Å². The summed E-state index contributed by atoms with van der Waals surface area (Å²) in [5.74, 6) is 0. The number of benzene rings is 1. The molecule has 0 spiro atoms. The Morgan fingerprint density at radius 3 is 2.67 bits per heavy atom. The highest BCUT2D eigenvalue weighted by Crippen LogP contribution is 2.03. The molecule has 0 heterocycles. The molecule has 0 aliphatic carbocycles. The van der Waals surface area contributed by atoms with Crippen LogP contribution in [-0.4, -0.2) is 11.4 Å². The maximum atomic E-state index is 8.22. The molecule has 0 amide bonds. The van der Waals surface area contributed by atoms with Crippen molar-refractivity contribution in [2.75, 3.05) is 0 Å². The van der Waals surface area contributed by atoms with Crippen LogP contribution in [0.5, 0.6) is 0 Å². The summed E-state index contributed by atoms with van der Waals surface area (Å²) in [5, 5.41) is 11.1. The van der Waals surface area contributed by atoms with Gasteiger partial charge in [-0.2, -0.15) is 0 Å². The predicted molar refractivity (Wildman–Crippen MR) is 49.6 cm³/mol. The van der Waals surface area contributed by atoms with Gasteiger partial charge in [0.1, 0.15) is 0 Å². The first-order chi connectivity index (χ1) is 5.83. The van der Waals surface area contributed by atoms with Gasteiger partial charge in [0.25, 0.3) is 0 Å². The third-order valence-electron chi connectivity index (χ3n) is 1.51. The Morgan fingerprint density at radius 2 is 2.08 bits per heavy atom. The molecule has 2 nitrogen and oxygen atoms in total. The normalized spacial score (nSPS) is 10.3. The molecule has 1 aromatic rings. The molecule has 0 unspecified atom stereocenters. The van der Waals surface area contributed by atoms with E-state index >= 15 is 0 Å². The van der Waals surface area contributed by atoms with E-state index in [2.05, 4.69) is 11.7 Å². The van der Waals surface area contributed by atoms with Gasteiger partial charge >= 0.3 is 0 Å². The second kappa shape index (κ2) is 4.34. The van der Waals surface area contributed by atoms with Gasteiger partial charge in [0.2, 0.25) is 0 Å². The molecule has 0 bridgehead atoms. The SMILES string of the molecule is C=C(/C=N/O)Cc1ccccc1. The van der Waals surface area contributed by atoms with E-state index < -0.39 is 0 Å². The van der Waals surface area contributed by atoms with Gasteiger partial charge in [-0.3, -0.25) is 0 Å². The summed E-state index contributed by atoms with van der Waals surface area (Å²) in [7, 11) is 0. The summed E-state index contributed by atoms with van der Waals surface area (Å²) in [4.78, 5) is 0. The van der Waals surface area contributed by atoms with Crippen LogP contribution in [0.15, 0.2) is 47.6 Å². The largest absolute Gasteiger partial charge is 0.411 e. The van der Waals surface area contributed by atoms with Gasteiger partial charge < -0.3 is 5.21 Å². The molecule has 62 valence electrons. The first kappa shape index (κ1) is 8.53. The van der Waals surface area contributed by atoms with Crippen molar-refractivity contribution in [1.82, 2.24) is 0 Å². The van der Waals surface area contributed by atoms with Crippen molar-refractivity contribution < 1.29 is 5.21 Å². The zero-order valence-electron chi connectivity index (χ0n) is 6.77. The van der Waals surface area contributed by atoms with Crippen LogP contribution in [0.4, 0.5) is 0 Å². The Kier molecular flexibility index (Phi) is 3.08. The zero-order chi connectivity index (χ0) is 8.81. The van der Waals surface area contributed by atoms with Crippen molar-refractivity contribution in [2.45, 2.75) is 6.42 Å². The molecule has 0 aromatic heterocycles. The van der Waals surface area contributed by atoms with E-state index in [9.17, 15) is 0 Å². The van der Waals surface area contributed by atoms with Gasteiger partial charge in [0.05, 0.1) is 6.21 Å². The Bertz CT molecular complexity index is 277. The first-order valence-corrected chi connectivity index (χ1v) is 3.72. The van der Waals surface area contributed by atoms with Gasteiger partial charge in [-0.05, 0) is 17.6 Å². The van der Waals surface area contributed by atoms with Crippen molar-refractivity contribution in [2.24, 2.45) is 5.16 Å². The monoisotopic (exact) mass is 161 g/mol. The lowest BCUT2D eigenvalue weighted by atomic mass is 10.1. The maximum absolute atomic E-state index is 8.22. The van der Waals surface area contributed by atoms with E-state index in [1.54, 1.807) is 0 Å². The Hall–Kier alpha value is -1.57. The topological polar surface area (TPSA) is 32.6 Å². The molecule has 0 atom stereocenters. The van der Waals surface area contributed by atoms with Crippen LogP contribution in [0.3, 0.4) is 0 Å². The second-order valence-electron chi connectivity index (χ2n) is 2.57. The molecular formula is C10H11NO. The van der Waals surface area contributed by atoms with Crippen LogP contribution in [0.25, 0.3) is 0 Å². The first-order valence-electron chi connectivity index (χ1n) is 3.72. The van der Waals surface area contributed by atoms with E-state index in [-0.39, 0.29) is 0 Å². The van der Waals surface area contributed by atoms with Crippen molar-refractivity contribution in [1.29, 1.82) is 0 Å². The standard InChI is InChI=1S/C10H11NO/c1-9(8-11-12)7-10-5-3-2-4-6-10/h2-6,8,12H,1,7H2/b11-8+. The van der Waals surface area contributed by atoms with Crippen LogP contribution in [0.1, 0.15) is 5.56 Å². The minimum atomic E-state index is 0.727. The van der Waals surface area contributed by atoms with E-state index in [1.165, 1.54) is 11.8 Å². The number of hydrogen-bond donors (Lipinski definition) is 1. The van der Waals surface area contributed by atoms with Crippen LogP contribution >= 0.6 is 0 Å². The number of rotatable bonds is 3. The Balaban J connectivity index is 2.59. The van der Waals surface area contributed by atoms with E-state index in [0.717, 1.165) is 12.0 Å². The minimum absolute atomic E-state index is 0.727. The molecule has 1 N–H and O–H groups in total. The van der Waals surface area contributed by atoms with Gasteiger partial charge in [-0.15, -0.1) is 0 Å².